The van der Waals surface area contributed by atoms with Crippen LogP contribution in [0.5, 0.6) is 5.75 Å². The molecular weight excluding hydrogens is 294 g/mol. The van der Waals surface area contributed by atoms with Crippen LogP contribution in [0.2, 0.25) is 0 Å². The summed E-state index contributed by atoms with van der Waals surface area (Å²) in [7, 11) is 0. The molecule has 0 spiro atoms. The SMILES string of the molecule is CC(C)(C)OC(=O)N1Cc2ccc(OC3CCOCC3)cc2C1. The quantitative estimate of drug-likeness (QED) is 0.837. The van der Waals surface area contributed by atoms with Crippen molar-refractivity contribution in [2.45, 2.75) is 58.4 Å². The van der Waals surface area contributed by atoms with Crippen LogP contribution >= 0.6 is 0 Å². The van der Waals surface area contributed by atoms with Crippen LogP contribution in [-0.2, 0) is 22.6 Å². The van der Waals surface area contributed by atoms with Gasteiger partial charge in [-0.15, -0.1) is 0 Å². The Kier molecular flexibility index (Phi) is 4.48. The van der Waals surface area contributed by atoms with E-state index in [1.165, 1.54) is 0 Å². The Morgan fingerprint density at radius 2 is 1.87 bits per heavy atom. The van der Waals surface area contributed by atoms with Gasteiger partial charge in [0.2, 0.25) is 0 Å². The topological polar surface area (TPSA) is 48.0 Å². The van der Waals surface area contributed by atoms with E-state index in [4.69, 9.17) is 14.2 Å². The number of hydrogen-bond donors (Lipinski definition) is 0. The van der Waals surface area contributed by atoms with Gasteiger partial charge in [-0.25, -0.2) is 4.79 Å². The highest BCUT2D eigenvalue weighted by atomic mass is 16.6. The second kappa shape index (κ2) is 6.40. The summed E-state index contributed by atoms with van der Waals surface area (Å²) in [6, 6.07) is 6.09. The van der Waals surface area contributed by atoms with Crippen molar-refractivity contribution >= 4 is 6.09 Å². The van der Waals surface area contributed by atoms with E-state index in [-0.39, 0.29) is 12.2 Å². The van der Waals surface area contributed by atoms with Crippen LogP contribution < -0.4 is 4.74 Å². The second-order valence-corrected chi connectivity index (χ2v) is 7.20. The molecule has 3 rings (SSSR count). The Labute approximate surface area is 137 Å². The van der Waals surface area contributed by atoms with Crippen molar-refractivity contribution in [1.82, 2.24) is 4.90 Å². The largest absolute Gasteiger partial charge is 0.490 e. The van der Waals surface area contributed by atoms with Crippen LogP contribution in [0.15, 0.2) is 18.2 Å². The fourth-order valence-electron chi connectivity index (χ4n) is 2.89. The van der Waals surface area contributed by atoms with Crippen molar-refractivity contribution in [2.24, 2.45) is 0 Å². The van der Waals surface area contributed by atoms with Gasteiger partial charge in [0.1, 0.15) is 17.5 Å². The molecule has 0 aromatic heterocycles. The number of benzene rings is 1. The maximum atomic E-state index is 12.2. The molecule has 1 amide bonds. The summed E-state index contributed by atoms with van der Waals surface area (Å²) < 4.78 is 16.8. The van der Waals surface area contributed by atoms with Crippen LogP contribution in [-0.4, -0.2) is 35.9 Å². The molecule has 0 bridgehead atoms. The zero-order chi connectivity index (χ0) is 16.4. The molecule has 0 radical (unpaired) electrons. The minimum atomic E-state index is -0.469. The normalized spacial score (nSPS) is 18.7. The molecule has 0 atom stereocenters. The molecule has 23 heavy (non-hydrogen) atoms. The number of rotatable bonds is 2. The third kappa shape index (κ3) is 4.16. The first kappa shape index (κ1) is 16.1. The number of amides is 1. The van der Waals surface area contributed by atoms with E-state index < -0.39 is 5.60 Å². The molecule has 0 N–H and O–H groups in total. The first-order valence-corrected chi connectivity index (χ1v) is 8.25. The van der Waals surface area contributed by atoms with Crippen LogP contribution in [0.4, 0.5) is 4.79 Å². The Bertz CT molecular complexity index is 573. The lowest BCUT2D eigenvalue weighted by atomic mass is 10.1. The van der Waals surface area contributed by atoms with Gasteiger partial charge in [0.25, 0.3) is 0 Å². The van der Waals surface area contributed by atoms with Gasteiger partial charge < -0.3 is 14.2 Å². The van der Waals surface area contributed by atoms with Crippen molar-refractivity contribution in [1.29, 1.82) is 0 Å². The first-order valence-electron chi connectivity index (χ1n) is 8.25. The Balaban J connectivity index is 1.62. The van der Waals surface area contributed by atoms with E-state index in [1.807, 2.05) is 32.9 Å². The average molecular weight is 319 g/mol. The molecule has 2 heterocycles. The predicted octanol–water partition coefficient (Wildman–Crippen LogP) is 3.50. The van der Waals surface area contributed by atoms with Crippen LogP contribution in [0.3, 0.4) is 0 Å². The lowest BCUT2D eigenvalue weighted by molar-refractivity contribution is 0.0236. The first-order chi connectivity index (χ1) is 10.9. The molecule has 126 valence electrons. The average Bonchev–Trinajstić information content (AvgIpc) is 2.90. The molecule has 2 aliphatic heterocycles. The lowest BCUT2D eigenvalue weighted by Crippen LogP contribution is -2.33. The van der Waals surface area contributed by atoms with Crippen LogP contribution in [0, 0.1) is 0 Å². The molecule has 1 aromatic rings. The van der Waals surface area contributed by atoms with E-state index >= 15 is 0 Å². The van der Waals surface area contributed by atoms with E-state index in [1.54, 1.807) is 4.90 Å². The maximum absolute atomic E-state index is 12.2. The number of ether oxygens (including phenoxy) is 3. The highest BCUT2D eigenvalue weighted by Crippen LogP contribution is 2.29. The minimum Gasteiger partial charge on any atom is -0.490 e. The van der Waals surface area contributed by atoms with E-state index in [0.29, 0.717) is 13.1 Å². The standard InChI is InChI=1S/C18H25NO4/c1-18(2,3)23-17(20)19-11-13-4-5-16(10-14(13)12-19)22-15-6-8-21-9-7-15/h4-5,10,15H,6-9,11-12H2,1-3H3. The molecule has 0 saturated carbocycles. The zero-order valence-corrected chi connectivity index (χ0v) is 14.1. The Morgan fingerprint density at radius 3 is 2.57 bits per heavy atom. The van der Waals surface area contributed by atoms with Crippen molar-refractivity contribution in [2.75, 3.05) is 13.2 Å². The fraction of sp³-hybridized carbons (Fsp3) is 0.611. The van der Waals surface area contributed by atoms with Gasteiger partial charge in [-0.1, -0.05) is 6.07 Å². The van der Waals surface area contributed by atoms with Crippen molar-refractivity contribution in [3.8, 4) is 5.75 Å². The summed E-state index contributed by atoms with van der Waals surface area (Å²) in [6.07, 6.45) is 1.83. The Hall–Kier alpha value is -1.75. The molecule has 5 nitrogen and oxygen atoms in total. The van der Waals surface area contributed by atoms with Gasteiger partial charge in [0, 0.05) is 25.9 Å². The number of carbonyl (C=O) groups excluding carboxylic acids is 1. The number of carbonyl (C=O) groups is 1. The van der Waals surface area contributed by atoms with Crippen molar-refractivity contribution in [3.05, 3.63) is 29.3 Å². The number of hydrogen-bond acceptors (Lipinski definition) is 4. The molecule has 0 aliphatic carbocycles. The highest BCUT2D eigenvalue weighted by molar-refractivity contribution is 5.69. The summed E-state index contributed by atoms with van der Waals surface area (Å²) in [5.41, 5.74) is 1.83. The number of fused-ring (bicyclic) bond motifs is 1. The predicted molar refractivity (Wildman–Crippen MR) is 86.4 cm³/mol. The summed E-state index contributed by atoms with van der Waals surface area (Å²) in [5, 5.41) is 0. The second-order valence-electron chi connectivity index (χ2n) is 7.20. The van der Waals surface area contributed by atoms with Crippen LogP contribution in [0.1, 0.15) is 44.7 Å². The third-order valence-corrected chi connectivity index (χ3v) is 4.02. The van der Waals surface area contributed by atoms with Gasteiger partial charge in [0.05, 0.1) is 13.2 Å². The van der Waals surface area contributed by atoms with E-state index in [9.17, 15) is 4.79 Å². The van der Waals surface area contributed by atoms with E-state index in [2.05, 4.69) is 6.07 Å². The minimum absolute atomic E-state index is 0.227. The molecular formula is C18H25NO4. The molecule has 0 unspecified atom stereocenters. The van der Waals surface area contributed by atoms with Gasteiger partial charge >= 0.3 is 6.09 Å². The van der Waals surface area contributed by atoms with Crippen molar-refractivity contribution < 1.29 is 19.0 Å². The molecule has 1 fully saturated rings. The zero-order valence-electron chi connectivity index (χ0n) is 14.1. The summed E-state index contributed by atoms with van der Waals surface area (Å²) in [4.78, 5) is 13.9. The van der Waals surface area contributed by atoms with E-state index in [0.717, 1.165) is 42.9 Å². The molecule has 2 aliphatic rings. The molecule has 1 saturated heterocycles. The summed E-state index contributed by atoms with van der Waals surface area (Å²) >= 11 is 0. The maximum Gasteiger partial charge on any atom is 0.410 e. The monoisotopic (exact) mass is 319 g/mol. The Morgan fingerprint density at radius 1 is 1.17 bits per heavy atom. The highest BCUT2D eigenvalue weighted by Gasteiger charge is 2.28. The van der Waals surface area contributed by atoms with Gasteiger partial charge in [-0.2, -0.15) is 0 Å². The van der Waals surface area contributed by atoms with Gasteiger partial charge in [-0.3, -0.25) is 4.90 Å². The van der Waals surface area contributed by atoms with Crippen LogP contribution in [0.25, 0.3) is 0 Å². The number of nitrogens with zero attached hydrogens (tertiary/aromatic N) is 1. The van der Waals surface area contributed by atoms with Crippen molar-refractivity contribution in [3.63, 3.8) is 0 Å². The smallest absolute Gasteiger partial charge is 0.410 e. The van der Waals surface area contributed by atoms with Gasteiger partial charge in [-0.05, 0) is 44.0 Å². The fourth-order valence-corrected chi connectivity index (χ4v) is 2.89. The summed E-state index contributed by atoms with van der Waals surface area (Å²) in [6.45, 7) is 8.36. The molecule has 5 heteroatoms. The van der Waals surface area contributed by atoms with Gasteiger partial charge in [0.15, 0.2) is 0 Å². The summed E-state index contributed by atoms with van der Waals surface area (Å²) in [5.74, 6) is 0.877. The third-order valence-electron chi connectivity index (χ3n) is 4.02. The lowest BCUT2D eigenvalue weighted by Gasteiger charge is -2.24. The molecule has 1 aromatic carbocycles.